The van der Waals surface area contributed by atoms with Crippen LogP contribution in [-0.2, 0) is 5.75 Å². The van der Waals surface area contributed by atoms with Crippen LogP contribution in [0.25, 0.3) is 5.65 Å². The molecule has 2 heterocycles. The molecule has 0 aliphatic carbocycles. The molecule has 2 N–H and O–H groups in total. The smallest absolute Gasteiger partial charge is 0.195 e. The van der Waals surface area contributed by atoms with Gasteiger partial charge in [0.1, 0.15) is 0 Å². The van der Waals surface area contributed by atoms with Crippen LogP contribution in [0.4, 0.5) is 5.69 Å². The van der Waals surface area contributed by atoms with Crippen molar-refractivity contribution in [3.8, 4) is 0 Å². The maximum Gasteiger partial charge on any atom is 0.195 e. The van der Waals surface area contributed by atoms with E-state index in [1.165, 1.54) is 0 Å². The van der Waals surface area contributed by atoms with Crippen LogP contribution in [0.15, 0.2) is 47.8 Å². The first-order valence-electron chi connectivity index (χ1n) is 5.70. The minimum Gasteiger partial charge on any atom is -0.398 e. The van der Waals surface area contributed by atoms with Crippen molar-refractivity contribution in [2.24, 2.45) is 0 Å². The minimum absolute atomic E-state index is 0.691. The fourth-order valence-corrected chi connectivity index (χ4v) is 2.88. The van der Waals surface area contributed by atoms with E-state index in [0.29, 0.717) is 10.8 Å². The molecule has 3 rings (SSSR count). The highest BCUT2D eigenvalue weighted by atomic mass is 35.5. The molecule has 19 heavy (non-hydrogen) atoms. The molecule has 3 aromatic rings. The summed E-state index contributed by atoms with van der Waals surface area (Å²) in [5.74, 6) is 0.710. The molecule has 0 spiro atoms. The molecule has 0 saturated carbocycles. The van der Waals surface area contributed by atoms with Crippen molar-refractivity contribution in [2.45, 2.75) is 10.9 Å². The molecule has 0 aliphatic rings. The second-order valence-corrected chi connectivity index (χ2v) is 5.42. The van der Waals surface area contributed by atoms with Gasteiger partial charge in [-0.2, -0.15) is 0 Å². The fourth-order valence-electron chi connectivity index (χ4n) is 1.76. The van der Waals surface area contributed by atoms with Crippen LogP contribution >= 0.6 is 23.4 Å². The fraction of sp³-hybridized carbons (Fsp3) is 0.0769. The summed E-state index contributed by atoms with van der Waals surface area (Å²) in [5.41, 5.74) is 8.51. The first kappa shape index (κ1) is 12.3. The van der Waals surface area contributed by atoms with Gasteiger partial charge in [0.25, 0.3) is 0 Å². The van der Waals surface area contributed by atoms with Crippen LogP contribution in [0.2, 0.25) is 5.02 Å². The Kier molecular flexibility index (Phi) is 3.31. The van der Waals surface area contributed by atoms with Crippen LogP contribution < -0.4 is 5.73 Å². The maximum atomic E-state index is 5.97. The van der Waals surface area contributed by atoms with E-state index in [2.05, 4.69) is 10.2 Å². The molecule has 0 saturated heterocycles. The summed E-state index contributed by atoms with van der Waals surface area (Å²) in [6.45, 7) is 0. The molecule has 0 aliphatic heterocycles. The Labute approximate surface area is 119 Å². The zero-order valence-electron chi connectivity index (χ0n) is 9.95. The minimum atomic E-state index is 0.691. The quantitative estimate of drug-likeness (QED) is 0.594. The van der Waals surface area contributed by atoms with E-state index in [1.54, 1.807) is 17.8 Å². The van der Waals surface area contributed by atoms with Crippen molar-refractivity contribution in [1.29, 1.82) is 0 Å². The van der Waals surface area contributed by atoms with Gasteiger partial charge < -0.3 is 5.73 Å². The average Bonchev–Trinajstić information content (AvgIpc) is 2.83. The number of pyridine rings is 1. The van der Waals surface area contributed by atoms with Crippen molar-refractivity contribution in [3.05, 3.63) is 53.2 Å². The number of nitrogen functional groups attached to an aromatic ring is 1. The molecule has 0 amide bonds. The molecule has 96 valence electrons. The molecular formula is C13H11ClN4S. The highest BCUT2D eigenvalue weighted by molar-refractivity contribution is 7.98. The second-order valence-electron chi connectivity index (χ2n) is 4.04. The first-order valence-corrected chi connectivity index (χ1v) is 7.07. The normalized spacial score (nSPS) is 11.0. The topological polar surface area (TPSA) is 56.2 Å². The van der Waals surface area contributed by atoms with Crippen molar-refractivity contribution >= 4 is 34.7 Å². The predicted octanol–water partition coefficient (Wildman–Crippen LogP) is 3.26. The first-order chi connectivity index (χ1) is 9.24. The van der Waals surface area contributed by atoms with Crippen LogP contribution in [-0.4, -0.2) is 14.6 Å². The molecule has 1 aromatic carbocycles. The van der Waals surface area contributed by atoms with Gasteiger partial charge in [0.2, 0.25) is 0 Å². The number of benzene rings is 1. The van der Waals surface area contributed by atoms with E-state index < -0.39 is 0 Å². The molecule has 0 atom stereocenters. The molecule has 0 unspecified atom stereocenters. The number of aromatic nitrogens is 3. The lowest BCUT2D eigenvalue weighted by Gasteiger charge is -2.05. The van der Waals surface area contributed by atoms with Gasteiger partial charge in [-0.25, -0.2) is 0 Å². The highest BCUT2D eigenvalue weighted by Gasteiger charge is 2.07. The van der Waals surface area contributed by atoms with Crippen LogP contribution in [0.5, 0.6) is 0 Å². The van der Waals surface area contributed by atoms with E-state index in [0.717, 1.165) is 22.1 Å². The van der Waals surface area contributed by atoms with E-state index in [4.69, 9.17) is 17.3 Å². The predicted molar refractivity (Wildman–Crippen MR) is 78.4 cm³/mol. The summed E-state index contributed by atoms with van der Waals surface area (Å²) >= 11 is 7.56. The number of nitrogens with zero attached hydrogens (tertiary/aromatic N) is 3. The number of fused-ring (bicyclic) bond motifs is 1. The summed E-state index contributed by atoms with van der Waals surface area (Å²) in [5, 5.41) is 9.80. The number of nitrogens with two attached hydrogens (primary N) is 1. The van der Waals surface area contributed by atoms with Crippen molar-refractivity contribution < 1.29 is 0 Å². The van der Waals surface area contributed by atoms with E-state index in [1.807, 2.05) is 40.9 Å². The third kappa shape index (κ3) is 2.52. The average molecular weight is 291 g/mol. The largest absolute Gasteiger partial charge is 0.398 e. The molecule has 6 heteroatoms. The number of hydrogen-bond donors (Lipinski definition) is 1. The summed E-state index contributed by atoms with van der Waals surface area (Å²) in [6, 6.07) is 11.3. The third-order valence-electron chi connectivity index (χ3n) is 2.74. The number of halogens is 1. The summed E-state index contributed by atoms with van der Waals surface area (Å²) in [6.07, 6.45) is 1.94. The number of anilines is 1. The Balaban J connectivity index is 1.84. The van der Waals surface area contributed by atoms with Gasteiger partial charge >= 0.3 is 0 Å². The Morgan fingerprint density at radius 2 is 2.11 bits per heavy atom. The molecule has 0 bridgehead atoms. The second kappa shape index (κ2) is 5.11. The van der Waals surface area contributed by atoms with Gasteiger partial charge in [-0.15, -0.1) is 10.2 Å². The zero-order chi connectivity index (χ0) is 13.2. The van der Waals surface area contributed by atoms with Crippen LogP contribution in [0.1, 0.15) is 5.56 Å². The van der Waals surface area contributed by atoms with Gasteiger partial charge in [-0.3, -0.25) is 4.40 Å². The molecule has 0 fully saturated rings. The van der Waals surface area contributed by atoms with E-state index in [9.17, 15) is 0 Å². The van der Waals surface area contributed by atoms with Crippen LogP contribution in [0, 0.1) is 0 Å². The lowest BCUT2D eigenvalue weighted by molar-refractivity contribution is 0.921. The third-order valence-corrected chi connectivity index (χ3v) is 3.97. The van der Waals surface area contributed by atoms with Gasteiger partial charge in [-0.05, 0) is 35.9 Å². The highest BCUT2D eigenvalue weighted by Crippen LogP contribution is 2.26. The van der Waals surface area contributed by atoms with E-state index >= 15 is 0 Å². The molecular weight excluding hydrogens is 280 g/mol. The Morgan fingerprint density at radius 3 is 3.00 bits per heavy atom. The SMILES string of the molecule is Nc1ccc(Cl)cc1CSc1nnc2ccccn12. The monoisotopic (exact) mass is 290 g/mol. The lowest BCUT2D eigenvalue weighted by Crippen LogP contribution is -1.93. The van der Waals surface area contributed by atoms with Crippen molar-refractivity contribution in [2.75, 3.05) is 5.73 Å². The Bertz CT molecular complexity index is 725. The van der Waals surface area contributed by atoms with Gasteiger partial charge in [-0.1, -0.05) is 29.4 Å². The number of rotatable bonds is 3. The molecule has 4 nitrogen and oxygen atoms in total. The van der Waals surface area contributed by atoms with Crippen LogP contribution in [0.3, 0.4) is 0 Å². The van der Waals surface area contributed by atoms with Crippen molar-refractivity contribution in [3.63, 3.8) is 0 Å². The van der Waals surface area contributed by atoms with Gasteiger partial charge in [0.05, 0.1) is 0 Å². The van der Waals surface area contributed by atoms with Gasteiger partial charge in [0.15, 0.2) is 10.8 Å². The lowest BCUT2D eigenvalue weighted by atomic mass is 10.2. The molecule has 2 aromatic heterocycles. The van der Waals surface area contributed by atoms with Gasteiger partial charge in [0, 0.05) is 22.7 Å². The summed E-state index contributed by atoms with van der Waals surface area (Å²) in [7, 11) is 0. The Morgan fingerprint density at radius 1 is 1.21 bits per heavy atom. The summed E-state index contributed by atoms with van der Waals surface area (Å²) < 4.78 is 1.95. The number of hydrogen-bond acceptors (Lipinski definition) is 4. The zero-order valence-corrected chi connectivity index (χ0v) is 11.5. The maximum absolute atomic E-state index is 5.97. The van der Waals surface area contributed by atoms with E-state index in [-0.39, 0.29) is 0 Å². The summed E-state index contributed by atoms with van der Waals surface area (Å²) in [4.78, 5) is 0. The molecule has 0 radical (unpaired) electrons. The van der Waals surface area contributed by atoms with Crippen molar-refractivity contribution in [1.82, 2.24) is 14.6 Å². The number of thioether (sulfide) groups is 1. The Hall–Kier alpha value is -1.72. The standard InChI is InChI=1S/C13H11ClN4S/c14-10-4-5-11(15)9(7-10)8-19-13-17-16-12-3-1-2-6-18(12)13/h1-7H,8,15H2.